The number of nitrogens with zero attached hydrogens (tertiary/aromatic N) is 10. The lowest BCUT2D eigenvalue weighted by Gasteiger charge is -2.00. The Kier molecular flexibility index (Phi) is 3.52. The van der Waals surface area contributed by atoms with Crippen molar-refractivity contribution in [1.82, 2.24) is 40.4 Å². The first-order chi connectivity index (χ1) is 11.9. The van der Waals surface area contributed by atoms with Crippen molar-refractivity contribution in [2.45, 2.75) is 0 Å². The number of aromatic nitrogens is 8. The molecule has 0 saturated carbocycles. The van der Waals surface area contributed by atoms with Crippen LogP contribution in [0, 0.1) is 0 Å². The van der Waals surface area contributed by atoms with Gasteiger partial charge in [0.25, 0.3) is 11.9 Å². The van der Waals surface area contributed by atoms with E-state index in [9.17, 15) is 0 Å². The maximum Gasteiger partial charge on any atom is 0.292 e. The summed E-state index contributed by atoms with van der Waals surface area (Å²) in [5.41, 5.74) is 1.55. The maximum absolute atomic E-state index is 4.06. The summed E-state index contributed by atoms with van der Waals surface area (Å²) in [7, 11) is 0. The Balaban J connectivity index is 1.67. The van der Waals surface area contributed by atoms with Gasteiger partial charge in [-0.1, -0.05) is 46.6 Å². The van der Waals surface area contributed by atoms with Crippen molar-refractivity contribution in [2.75, 3.05) is 0 Å². The van der Waals surface area contributed by atoms with Crippen molar-refractivity contribution >= 4 is 11.9 Å². The Morgan fingerprint density at radius 3 is 1.42 bits per heavy atom. The molecule has 2 aromatic carbocycles. The van der Waals surface area contributed by atoms with Crippen LogP contribution in [-0.4, -0.2) is 40.4 Å². The third-order valence-electron chi connectivity index (χ3n) is 3.14. The summed E-state index contributed by atoms with van der Waals surface area (Å²) in [6.45, 7) is 0. The lowest BCUT2D eigenvalue weighted by Crippen LogP contribution is -1.96. The van der Waals surface area contributed by atoms with Gasteiger partial charge in [0.1, 0.15) is 0 Å². The van der Waals surface area contributed by atoms with Crippen LogP contribution < -0.4 is 0 Å². The van der Waals surface area contributed by atoms with Gasteiger partial charge in [-0.25, -0.2) is 0 Å². The fraction of sp³-hybridized carbons (Fsp3) is 0. The van der Waals surface area contributed by atoms with Crippen LogP contribution >= 0.6 is 0 Å². The van der Waals surface area contributed by atoms with Gasteiger partial charge in [0.05, 0.1) is 11.4 Å². The molecule has 0 atom stereocenters. The Hall–Kier alpha value is -3.82. The summed E-state index contributed by atoms with van der Waals surface area (Å²) in [6, 6.07) is 18.8. The van der Waals surface area contributed by atoms with Crippen molar-refractivity contribution in [3.8, 4) is 11.4 Å². The zero-order chi connectivity index (χ0) is 16.2. The Morgan fingerprint density at radius 1 is 0.583 bits per heavy atom. The molecule has 0 unspecified atom stereocenters. The molecule has 4 rings (SSSR count). The highest BCUT2D eigenvalue weighted by atomic mass is 15.6. The zero-order valence-corrected chi connectivity index (χ0v) is 12.2. The van der Waals surface area contributed by atoms with Crippen LogP contribution in [0.25, 0.3) is 11.4 Å². The number of hydrogen-bond acceptors (Lipinski definition) is 8. The summed E-state index contributed by atoms with van der Waals surface area (Å²) in [5.74, 6) is 0.452. The quantitative estimate of drug-likeness (QED) is 0.532. The predicted molar refractivity (Wildman–Crippen MR) is 82.5 cm³/mol. The summed E-state index contributed by atoms with van der Waals surface area (Å²) >= 11 is 0. The van der Waals surface area contributed by atoms with Gasteiger partial charge in [0, 0.05) is 0 Å². The van der Waals surface area contributed by atoms with E-state index in [0.717, 1.165) is 11.4 Å². The first-order valence-corrected chi connectivity index (χ1v) is 7.01. The van der Waals surface area contributed by atoms with Crippen LogP contribution in [0.1, 0.15) is 0 Å². The van der Waals surface area contributed by atoms with Crippen molar-refractivity contribution in [3.05, 3.63) is 60.7 Å². The average molecular weight is 318 g/mol. The molecule has 2 aromatic heterocycles. The SMILES string of the molecule is c1ccc(-n2nnnc2/N=N/c2nnnn2-c2ccccc2)cc1. The van der Waals surface area contributed by atoms with E-state index in [1.165, 1.54) is 9.36 Å². The van der Waals surface area contributed by atoms with Crippen molar-refractivity contribution in [1.29, 1.82) is 0 Å². The van der Waals surface area contributed by atoms with Crippen molar-refractivity contribution < 1.29 is 0 Å². The number of azo groups is 1. The minimum Gasteiger partial charge on any atom is -0.176 e. The molecule has 10 heteroatoms. The van der Waals surface area contributed by atoms with E-state index in [4.69, 9.17) is 0 Å². The second-order valence-electron chi connectivity index (χ2n) is 4.65. The van der Waals surface area contributed by atoms with E-state index in [2.05, 4.69) is 41.3 Å². The van der Waals surface area contributed by atoms with Gasteiger partial charge in [0.15, 0.2) is 0 Å². The lowest BCUT2D eigenvalue weighted by atomic mass is 10.3. The van der Waals surface area contributed by atoms with E-state index < -0.39 is 0 Å². The predicted octanol–water partition coefficient (Wildman–Crippen LogP) is 2.05. The minimum atomic E-state index is 0.226. The molecular weight excluding hydrogens is 308 g/mol. The highest BCUT2D eigenvalue weighted by Crippen LogP contribution is 2.18. The van der Waals surface area contributed by atoms with Crippen LogP contribution in [0.4, 0.5) is 11.9 Å². The van der Waals surface area contributed by atoms with E-state index >= 15 is 0 Å². The van der Waals surface area contributed by atoms with E-state index in [1.54, 1.807) is 0 Å². The highest BCUT2D eigenvalue weighted by Gasteiger charge is 2.10. The molecule has 10 nitrogen and oxygen atoms in total. The van der Waals surface area contributed by atoms with Crippen LogP contribution in [0.3, 0.4) is 0 Å². The van der Waals surface area contributed by atoms with Crippen molar-refractivity contribution in [2.24, 2.45) is 10.2 Å². The summed E-state index contributed by atoms with van der Waals surface area (Å²) in [4.78, 5) is 0. The Bertz CT molecular complexity index is 878. The first-order valence-electron chi connectivity index (χ1n) is 7.01. The largest absolute Gasteiger partial charge is 0.292 e. The second kappa shape index (κ2) is 6.12. The topological polar surface area (TPSA) is 112 Å². The molecular formula is C14H10N10. The van der Waals surface area contributed by atoms with Gasteiger partial charge in [-0.2, -0.15) is 9.36 Å². The molecule has 24 heavy (non-hydrogen) atoms. The monoisotopic (exact) mass is 318 g/mol. The average Bonchev–Trinajstić information content (AvgIpc) is 3.30. The van der Waals surface area contributed by atoms with Crippen LogP contribution in [-0.2, 0) is 0 Å². The van der Waals surface area contributed by atoms with Gasteiger partial charge < -0.3 is 0 Å². The Morgan fingerprint density at radius 2 is 1.00 bits per heavy atom. The molecule has 0 aliphatic rings. The third-order valence-corrected chi connectivity index (χ3v) is 3.14. The molecule has 0 fully saturated rings. The number of tetrazole rings is 2. The van der Waals surface area contributed by atoms with E-state index in [0.29, 0.717) is 0 Å². The molecule has 0 aliphatic heterocycles. The first kappa shape index (κ1) is 13.8. The maximum atomic E-state index is 4.06. The second-order valence-corrected chi connectivity index (χ2v) is 4.65. The molecule has 0 amide bonds. The van der Waals surface area contributed by atoms with Crippen LogP contribution in [0.2, 0.25) is 0 Å². The molecule has 2 heterocycles. The van der Waals surface area contributed by atoms with Gasteiger partial charge in [-0.3, -0.25) is 0 Å². The summed E-state index contributed by atoms with van der Waals surface area (Å²) in [5, 5.41) is 30.9. The van der Waals surface area contributed by atoms with Gasteiger partial charge in [-0.15, -0.1) is 10.2 Å². The number of rotatable bonds is 4. The summed E-state index contributed by atoms with van der Waals surface area (Å²) < 4.78 is 2.94. The third kappa shape index (κ3) is 2.63. The fourth-order valence-corrected chi connectivity index (χ4v) is 2.05. The number of para-hydroxylation sites is 2. The van der Waals surface area contributed by atoms with Gasteiger partial charge in [-0.05, 0) is 45.1 Å². The van der Waals surface area contributed by atoms with Crippen LogP contribution in [0.15, 0.2) is 70.9 Å². The summed E-state index contributed by atoms with van der Waals surface area (Å²) in [6.07, 6.45) is 0. The molecule has 0 bridgehead atoms. The zero-order valence-electron chi connectivity index (χ0n) is 12.2. The number of benzene rings is 2. The molecule has 116 valence electrons. The number of hydrogen-bond donors (Lipinski definition) is 0. The molecule has 0 saturated heterocycles. The van der Waals surface area contributed by atoms with Crippen molar-refractivity contribution in [3.63, 3.8) is 0 Å². The highest BCUT2D eigenvalue weighted by molar-refractivity contribution is 5.37. The Labute approximate surface area is 135 Å². The van der Waals surface area contributed by atoms with Gasteiger partial charge in [0.2, 0.25) is 0 Å². The smallest absolute Gasteiger partial charge is 0.176 e. The minimum absolute atomic E-state index is 0.226. The molecule has 0 spiro atoms. The lowest BCUT2D eigenvalue weighted by molar-refractivity contribution is 0.782. The normalized spacial score (nSPS) is 11.2. The van der Waals surface area contributed by atoms with E-state index in [1.807, 2.05) is 60.7 Å². The van der Waals surface area contributed by atoms with Gasteiger partial charge >= 0.3 is 0 Å². The molecule has 0 N–H and O–H groups in total. The van der Waals surface area contributed by atoms with Crippen LogP contribution in [0.5, 0.6) is 0 Å². The molecule has 0 aliphatic carbocycles. The standard InChI is InChI=1S/C14H10N10/c1-3-7-11(8-4-1)23-13(17-19-21-23)15-16-14-18-20-22-24(14)12-9-5-2-6-10-12/h1-10H/b16-15+. The molecule has 0 radical (unpaired) electrons. The van der Waals surface area contributed by atoms with E-state index in [-0.39, 0.29) is 11.9 Å². The molecule has 4 aromatic rings. The fourth-order valence-electron chi connectivity index (χ4n) is 2.05.